The number of benzene rings is 3. The summed E-state index contributed by atoms with van der Waals surface area (Å²) in [5.41, 5.74) is 3.00. The molecule has 34 heavy (non-hydrogen) atoms. The van der Waals surface area contributed by atoms with Gasteiger partial charge in [0.1, 0.15) is 23.0 Å². The minimum atomic E-state index is -4.20. The molecule has 3 aromatic carbocycles. The van der Waals surface area contributed by atoms with Crippen molar-refractivity contribution in [2.75, 3.05) is 28.4 Å². The third-order valence-electron chi connectivity index (χ3n) is 5.81. The van der Waals surface area contributed by atoms with Gasteiger partial charge in [0, 0.05) is 29.2 Å². The zero-order chi connectivity index (χ0) is 24.7. The third-order valence-corrected chi connectivity index (χ3v) is 6.68. The normalized spacial score (nSPS) is 11.4. The van der Waals surface area contributed by atoms with Crippen LogP contribution in [0.5, 0.6) is 23.0 Å². The molecule has 3 rings (SSSR count). The van der Waals surface area contributed by atoms with Crippen molar-refractivity contribution in [3.63, 3.8) is 0 Å². The molecule has 0 aromatic heterocycles. The van der Waals surface area contributed by atoms with Crippen LogP contribution in [0.4, 0.5) is 0 Å². The molecule has 0 spiro atoms. The molecular formula is C26H30O7S. The van der Waals surface area contributed by atoms with Crippen LogP contribution in [0.2, 0.25) is 0 Å². The van der Waals surface area contributed by atoms with Gasteiger partial charge in [0.15, 0.2) is 0 Å². The van der Waals surface area contributed by atoms with Crippen LogP contribution in [0.3, 0.4) is 0 Å². The molecule has 0 aliphatic heterocycles. The molecule has 0 saturated heterocycles. The lowest BCUT2D eigenvalue weighted by atomic mass is 9.85. The van der Waals surface area contributed by atoms with Crippen LogP contribution in [0.25, 0.3) is 0 Å². The molecule has 0 bridgehead atoms. The van der Waals surface area contributed by atoms with E-state index in [2.05, 4.69) is 0 Å². The monoisotopic (exact) mass is 486 g/mol. The Bertz CT molecular complexity index is 1150. The Kier molecular flexibility index (Phi) is 8.41. The Hall–Kier alpha value is -3.23. The van der Waals surface area contributed by atoms with Crippen molar-refractivity contribution < 1.29 is 31.9 Å². The van der Waals surface area contributed by atoms with E-state index in [4.69, 9.17) is 18.9 Å². The predicted molar refractivity (Wildman–Crippen MR) is 130 cm³/mol. The van der Waals surface area contributed by atoms with Crippen molar-refractivity contribution >= 4 is 10.1 Å². The Morgan fingerprint density at radius 3 is 1.65 bits per heavy atom. The molecule has 0 heterocycles. The van der Waals surface area contributed by atoms with E-state index in [9.17, 15) is 13.0 Å². The molecule has 0 unspecified atom stereocenters. The number of hydrogen-bond acceptors (Lipinski definition) is 6. The van der Waals surface area contributed by atoms with E-state index in [1.165, 1.54) is 12.1 Å². The second-order valence-corrected chi connectivity index (χ2v) is 9.20. The molecule has 8 heteroatoms. The molecule has 182 valence electrons. The van der Waals surface area contributed by atoms with Gasteiger partial charge in [-0.05, 0) is 49.1 Å². The zero-order valence-electron chi connectivity index (χ0n) is 19.8. The van der Waals surface area contributed by atoms with E-state index in [0.29, 0.717) is 11.5 Å². The Morgan fingerprint density at radius 1 is 0.735 bits per heavy atom. The van der Waals surface area contributed by atoms with Crippen LogP contribution in [0.15, 0.2) is 65.6 Å². The van der Waals surface area contributed by atoms with Crippen molar-refractivity contribution in [3.05, 3.63) is 77.4 Å². The Labute approximate surface area is 201 Å². The summed E-state index contributed by atoms with van der Waals surface area (Å²) < 4.78 is 53.9. The highest BCUT2D eigenvalue weighted by Crippen LogP contribution is 2.42. The first-order chi connectivity index (χ1) is 16.3. The van der Waals surface area contributed by atoms with Crippen molar-refractivity contribution in [1.82, 2.24) is 0 Å². The SMILES string of the molecule is COc1ccc(C(CCCc2ccc(S(=O)(=O)O)cc2)c2ccc(OC)cc2OC)c(OC)c1. The fourth-order valence-electron chi connectivity index (χ4n) is 4.03. The molecule has 0 aliphatic carbocycles. The van der Waals surface area contributed by atoms with Gasteiger partial charge >= 0.3 is 0 Å². The molecule has 3 aromatic rings. The molecular weight excluding hydrogens is 456 g/mol. The van der Waals surface area contributed by atoms with Gasteiger partial charge in [0.05, 0.1) is 33.3 Å². The fourth-order valence-corrected chi connectivity index (χ4v) is 4.51. The van der Waals surface area contributed by atoms with Crippen LogP contribution < -0.4 is 18.9 Å². The molecule has 7 nitrogen and oxygen atoms in total. The Balaban J connectivity index is 1.92. The summed E-state index contributed by atoms with van der Waals surface area (Å²) in [5.74, 6) is 2.83. The van der Waals surface area contributed by atoms with Crippen LogP contribution in [-0.4, -0.2) is 41.4 Å². The van der Waals surface area contributed by atoms with E-state index in [-0.39, 0.29) is 10.8 Å². The van der Waals surface area contributed by atoms with Gasteiger partial charge in [-0.3, -0.25) is 4.55 Å². The summed E-state index contributed by atoms with van der Waals surface area (Å²) >= 11 is 0. The van der Waals surface area contributed by atoms with Gasteiger partial charge in [-0.2, -0.15) is 8.42 Å². The topological polar surface area (TPSA) is 91.3 Å². The number of ether oxygens (including phenoxy) is 4. The molecule has 0 fully saturated rings. The van der Waals surface area contributed by atoms with Crippen LogP contribution in [-0.2, 0) is 16.5 Å². The van der Waals surface area contributed by atoms with Gasteiger partial charge in [-0.25, -0.2) is 0 Å². The minimum absolute atomic E-state index is 0.0289. The molecule has 0 saturated carbocycles. The van der Waals surface area contributed by atoms with E-state index in [0.717, 1.165) is 47.5 Å². The average molecular weight is 487 g/mol. The van der Waals surface area contributed by atoms with Gasteiger partial charge in [-0.15, -0.1) is 0 Å². The smallest absolute Gasteiger partial charge is 0.294 e. The molecule has 1 N–H and O–H groups in total. The van der Waals surface area contributed by atoms with E-state index < -0.39 is 10.1 Å². The highest BCUT2D eigenvalue weighted by molar-refractivity contribution is 7.85. The first-order valence-electron chi connectivity index (χ1n) is 10.8. The average Bonchev–Trinajstić information content (AvgIpc) is 2.85. The second kappa shape index (κ2) is 11.3. The molecule has 0 aliphatic rings. The quantitative estimate of drug-likeness (QED) is 0.376. The van der Waals surface area contributed by atoms with Crippen molar-refractivity contribution in [1.29, 1.82) is 0 Å². The first-order valence-corrected chi connectivity index (χ1v) is 12.2. The summed E-state index contributed by atoms with van der Waals surface area (Å²) in [5, 5.41) is 0. The lowest BCUT2D eigenvalue weighted by Crippen LogP contribution is -2.07. The van der Waals surface area contributed by atoms with Gasteiger partial charge in [0.2, 0.25) is 0 Å². The molecule has 0 atom stereocenters. The highest BCUT2D eigenvalue weighted by Gasteiger charge is 2.23. The van der Waals surface area contributed by atoms with Crippen molar-refractivity contribution in [2.45, 2.75) is 30.1 Å². The number of methoxy groups -OCH3 is 4. The molecule has 0 amide bonds. The third kappa shape index (κ3) is 6.01. The van der Waals surface area contributed by atoms with E-state index in [1.807, 2.05) is 36.4 Å². The predicted octanol–water partition coefficient (Wildman–Crippen LogP) is 5.12. The lowest BCUT2D eigenvalue weighted by Gasteiger charge is -2.23. The summed E-state index contributed by atoms with van der Waals surface area (Å²) in [4.78, 5) is -0.111. The van der Waals surface area contributed by atoms with E-state index >= 15 is 0 Å². The first kappa shape index (κ1) is 25.4. The van der Waals surface area contributed by atoms with Crippen LogP contribution in [0, 0.1) is 0 Å². The summed E-state index contributed by atoms with van der Waals surface area (Å²) in [7, 11) is 2.31. The lowest BCUT2D eigenvalue weighted by molar-refractivity contribution is 0.382. The van der Waals surface area contributed by atoms with Gasteiger partial charge in [-0.1, -0.05) is 24.3 Å². The number of hydrogen-bond donors (Lipinski definition) is 1. The van der Waals surface area contributed by atoms with Crippen LogP contribution >= 0.6 is 0 Å². The largest absolute Gasteiger partial charge is 0.497 e. The van der Waals surface area contributed by atoms with Crippen molar-refractivity contribution in [3.8, 4) is 23.0 Å². The van der Waals surface area contributed by atoms with Crippen molar-refractivity contribution in [2.24, 2.45) is 0 Å². The van der Waals surface area contributed by atoms with E-state index in [1.54, 1.807) is 40.6 Å². The maximum atomic E-state index is 11.3. The summed E-state index contributed by atoms with van der Waals surface area (Å²) in [6.45, 7) is 0. The molecule has 0 radical (unpaired) electrons. The fraction of sp³-hybridized carbons (Fsp3) is 0.308. The number of aryl methyl sites for hydroxylation is 1. The van der Waals surface area contributed by atoms with Gasteiger partial charge < -0.3 is 18.9 Å². The van der Waals surface area contributed by atoms with Gasteiger partial charge in [0.25, 0.3) is 10.1 Å². The summed E-state index contributed by atoms with van der Waals surface area (Å²) in [6, 6.07) is 17.9. The maximum Gasteiger partial charge on any atom is 0.294 e. The second-order valence-electron chi connectivity index (χ2n) is 7.78. The zero-order valence-corrected chi connectivity index (χ0v) is 20.6. The highest BCUT2D eigenvalue weighted by atomic mass is 32.2. The maximum absolute atomic E-state index is 11.3. The minimum Gasteiger partial charge on any atom is -0.497 e. The standard InChI is InChI=1S/C26H30O7S/c1-30-19-10-14-23(25(16-19)32-3)22(24-15-11-20(31-2)17-26(24)33-4)7-5-6-18-8-12-21(13-9-18)34(27,28)29/h8-17,22H,5-7H2,1-4H3,(H,27,28,29). The summed E-state index contributed by atoms with van der Waals surface area (Å²) in [6.07, 6.45) is 2.34. The Morgan fingerprint density at radius 2 is 1.24 bits per heavy atom. The number of rotatable bonds is 11. The van der Waals surface area contributed by atoms with Crippen LogP contribution in [0.1, 0.15) is 35.4 Å².